The van der Waals surface area contributed by atoms with E-state index >= 15 is 0 Å². The lowest BCUT2D eigenvalue weighted by molar-refractivity contribution is -0.130. The number of hydrazine groups is 1. The van der Waals surface area contributed by atoms with E-state index in [0.29, 0.717) is 26.1 Å². The number of nitrogens with one attached hydrogen (secondary N) is 1. The number of rotatable bonds is 2. The maximum Gasteiger partial charge on any atom is 0.245 e. The lowest BCUT2D eigenvalue weighted by Gasteiger charge is -2.35. The zero-order valence-corrected chi connectivity index (χ0v) is 10.1. The fraction of sp³-hybridized carbons (Fsp3) is 0.545. The number of hydrogen-bond donors (Lipinski definition) is 2. The lowest BCUT2D eigenvalue weighted by atomic mass is 9.77. The number of amides is 1. The maximum absolute atomic E-state index is 12.1. The first-order valence-electron chi connectivity index (χ1n) is 5.34. The van der Waals surface area contributed by atoms with Crippen molar-refractivity contribution < 1.29 is 9.53 Å². The van der Waals surface area contributed by atoms with Crippen LogP contribution in [-0.2, 0) is 14.9 Å². The van der Waals surface area contributed by atoms with Gasteiger partial charge in [0.25, 0.3) is 0 Å². The van der Waals surface area contributed by atoms with E-state index in [1.165, 1.54) is 0 Å². The van der Waals surface area contributed by atoms with Crippen LogP contribution >= 0.6 is 11.3 Å². The van der Waals surface area contributed by atoms with Gasteiger partial charge in [-0.3, -0.25) is 10.2 Å². The normalized spacial score (nSPS) is 19.4. The Labute approximate surface area is 98.8 Å². The van der Waals surface area contributed by atoms with Crippen molar-refractivity contribution in [3.63, 3.8) is 0 Å². The van der Waals surface area contributed by atoms with Gasteiger partial charge in [0.2, 0.25) is 5.91 Å². The Hall–Kier alpha value is -0.910. The van der Waals surface area contributed by atoms with Crippen molar-refractivity contribution in [3.05, 3.63) is 21.9 Å². The standard InChI is InChI=1S/C11H16N2O2S/c1-8-2-7-16-9(8)11(10(14)13-12)3-5-15-6-4-11/h2,7H,3-6,12H2,1H3,(H,13,14). The smallest absolute Gasteiger partial charge is 0.245 e. The number of nitrogens with two attached hydrogens (primary N) is 1. The van der Waals surface area contributed by atoms with E-state index in [4.69, 9.17) is 10.6 Å². The SMILES string of the molecule is Cc1ccsc1C1(C(=O)NN)CCOCC1. The number of thiophene rings is 1. The Balaban J connectivity index is 2.41. The summed E-state index contributed by atoms with van der Waals surface area (Å²) in [5.74, 6) is 5.21. The van der Waals surface area contributed by atoms with Crippen LogP contribution in [-0.4, -0.2) is 19.1 Å². The fourth-order valence-corrected chi connectivity index (χ4v) is 3.46. The van der Waals surface area contributed by atoms with Gasteiger partial charge in [0.05, 0.1) is 5.41 Å². The van der Waals surface area contributed by atoms with Gasteiger partial charge in [0.1, 0.15) is 0 Å². The summed E-state index contributed by atoms with van der Waals surface area (Å²) in [7, 11) is 0. The second-order valence-electron chi connectivity index (χ2n) is 4.10. The number of carbonyl (C=O) groups excluding carboxylic acids is 1. The summed E-state index contributed by atoms with van der Waals surface area (Å²) in [5.41, 5.74) is 2.98. The first-order chi connectivity index (χ1) is 7.70. The molecule has 1 aliphatic heterocycles. The first-order valence-corrected chi connectivity index (χ1v) is 6.22. The van der Waals surface area contributed by atoms with E-state index < -0.39 is 5.41 Å². The van der Waals surface area contributed by atoms with Crippen molar-refractivity contribution in [1.29, 1.82) is 0 Å². The van der Waals surface area contributed by atoms with Crippen LogP contribution in [0.3, 0.4) is 0 Å². The molecule has 0 bridgehead atoms. The minimum absolute atomic E-state index is 0.0960. The minimum Gasteiger partial charge on any atom is -0.381 e. The maximum atomic E-state index is 12.1. The van der Waals surface area contributed by atoms with Crippen LogP contribution < -0.4 is 11.3 Å². The number of aryl methyl sites for hydroxylation is 1. The highest BCUT2D eigenvalue weighted by Crippen LogP contribution is 2.39. The highest BCUT2D eigenvalue weighted by atomic mass is 32.1. The molecule has 1 saturated heterocycles. The Morgan fingerprint density at radius 1 is 1.56 bits per heavy atom. The van der Waals surface area contributed by atoms with Gasteiger partial charge < -0.3 is 4.74 Å². The highest BCUT2D eigenvalue weighted by Gasteiger charge is 2.43. The van der Waals surface area contributed by atoms with Crippen LogP contribution in [0.15, 0.2) is 11.4 Å². The Morgan fingerprint density at radius 3 is 2.75 bits per heavy atom. The van der Waals surface area contributed by atoms with Crippen LogP contribution in [0.1, 0.15) is 23.3 Å². The number of hydrogen-bond acceptors (Lipinski definition) is 4. The highest BCUT2D eigenvalue weighted by molar-refractivity contribution is 7.10. The van der Waals surface area contributed by atoms with Gasteiger partial charge in [-0.15, -0.1) is 11.3 Å². The molecular weight excluding hydrogens is 224 g/mol. The van der Waals surface area contributed by atoms with Crippen LogP contribution in [0.5, 0.6) is 0 Å². The predicted molar refractivity (Wildman–Crippen MR) is 63.1 cm³/mol. The molecule has 2 rings (SSSR count). The van der Waals surface area contributed by atoms with Crippen molar-refractivity contribution in [1.82, 2.24) is 5.43 Å². The Kier molecular flexibility index (Phi) is 3.28. The molecule has 2 heterocycles. The largest absolute Gasteiger partial charge is 0.381 e. The molecule has 0 aromatic carbocycles. The summed E-state index contributed by atoms with van der Waals surface area (Å²) >= 11 is 1.63. The molecule has 1 aliphatic rings. The van der Waals surface area contributed by atoms with Crippen molar-refractivity contribution in [2.24, 2.45) is 5.84 Å². The molecular formula is C11H16N2O2S. The van der Waals surface area contributed by atoms with Gasteiger partial charge in [-0.1, -0.05) is 0 Å². The second kappa shape index (κ2) is 4.53. The second-order valence-corrected chi connectivity index (χ2v) is 5.02. The monoisotopic (exact) mass is 240 g/mol. The summed E-state index contributed by atoms with van der Waals surface area (Å²) in [4.78, 5) is 13.2. The van der Waals surface area contributed by atoms with Crippen LogP contribution in [0.25, 0.3) is 0 Å². The van der Waals surface area contributed by atoms with E-state index in [0.717, 1.165) is 10.4 Å². The first kappa shape index (κ1) is 11.6. The number of carbonyl (C=O) groups is 1. The van der Waals surface area contributed by atoms with Crippen LogP contribution in [0.4, 0.5) is 0 Å². The molecule has 1 fully saturated rings. The third-order valence-corrected chi connectivity index (χ3v) is 4.43. The van der Waals surface area contributed by atoms with Gasteiger partial charge in [0, 0.05) is 18.1 Å². The molecule has 0 aliphatic carbocycles. The lowest BCUT2D eigenvalue weighted by Crippen LogP contribution is -2.50. The van der Waals surface area contributed by atoms with E-state index in [-0.39, 0.29) is 5.91 Å². The molecule has 88 valence electrons. The van der Waals surface area contributed by atoms with Gasteiger partial charge in [-0.2, -0.15) is 0 Å². The molecule has 0 saturated carbocycles. The van der Waals surface area contributed by atoms with Crippen LogP contribution in [0, 0.1) is 6.92 Å². The number of ether oxygens (including phenoxy) is 1. The topological polar surface area (TPSA) is 64.4 Å². The van der Waals surface area contributed by atoms with Gasteiger partial charge in [-0.05, 0) is 36.8 Å². The molecule has 5 heteroatoms. The zero-order valence-electron chi connectivity index (χ0n) is 9.29. The fourth-order valence-electron chi connectivity index (χ4n) is 2.28. The molecule has 0 unspecified atom stereocenters. The molecule has 0 radical (unpaired) electrons. The average Bonchev–Trinajstić information content (AvgIpc) is 2.76. The molecule has 1 aromatic heterocycles. The Morgan fingerprint density at radius 2 is 2.25 bits per heavy atom. The van der Waals surface area contributed by atoms with Crippen molar-refractivity contribution in [3.8, 4) is 0 Å². The molecule has 0 spiro atoms. The van der Waals surface area contributed by atoms with Gasteiger partial charge >= 0.3 is 0 Å². The van der Waals surface area contributed by atoms with E-state index in [1.54, 1.807) is 11.3 Å². The summed E-state index contributed by atoms with van der Waals surface area (Å²) < 4.78 is 5.34. The van der Waals surface area contributed by atoms with Crippen molar-refractivity contribution in [2.75, 3.05) is 13.2 Å². The third kappa shape index (κ3) is 1.75. The van der Waals surface area contributed by atoms with Gasteiger partial charge in [-0.25, -0.2) is 5.84 Å². The molecule has 1 aromatic rings. The quantitative estimate of drug-likeness (QED) is 0.462. The molecule has 4 nitrogen and oxygen atoms in total. The summed E-state index contributed by atoms with van der Waals surface area (Å²) in [6.45, 7) is 3.27. The summed E-state index contributed by atoms with van der Waals surface area (Å²) in [6, 6.07) is 2.04. The Bertz CT molecular complexity index is 383. The van der Waals surface area contributed by atoms with E-state index in [2.05, 4.69) is 5.43 Å². The van der Waals surface area contributed by atoms with E-state index in [1.807, 2.05) is 18.4 Å². The predicted octanol–water partition coefficient (Wildman–Crippen LogP) is 1.09. The van der Waals surface area contributed by atoms with Crippen molar-refractivity contribution >= 4 is 17.2 Å². The molecule has 1 amide bonds. The molecule has 0 atom stereocenters. The van der Waals surface area contributed by atoms with Gasteiger partial charge in [0.15, 0.2) is 0 Å². The van der Waals surface area contributed by atoms with Crippen molar-refractivity contribution in [2.45, 2.75) is 25.2 Å². The van der Waals surface area contributed by atoms with Crippen LogP contribution in [0.2, 0.25) is 0 Å². The average molecular weight is 240 g/mol. The zero-order chi connectivity index (χ0) is 11.6. The summed E-state index contributed by atoms with van der Waals surface area (Å²) in [5, 5.41) is 2.02. The third-order valence-electron chi connectivity index (χ3n) is 3.21. The van der Waals surface area contributed by atoms with E-state index in [9.17, 15) is 4.79 Å². The molecule has 3 N–H and O–H groups in total. The molecule has 16 heavy (non-hydrogen) atoms. The minimum atomic E-state index is -0.481. The summed E-state index contributed by atoms with van der Waals surface area (Å²) in [6.07, 6.45) is 1.41.